The van der Waals surface area contributed by atoms with E-state index in [4.69, 9.17) is 27.7 Å². The lowest BCUT2D eigenvalue weighted by molar-refractivity contribution is -0.155. The summed E-state index contributed by atoms with van der Waals surface area (Å²) in [6, 6.07) is 0. The average molecular weight is 190 g/mol. The van der Waals surface area contributed by atoms with E-state index in [9.17, 15) is 0 Å². The van der Waals surface area contributed by atoms with Crippen molar-refractivity contribution in [3.63, 3.8) is 0 Å². The maximum atomic E-state index is 5.64. The molecule has 0 aromatic heterocycles. The summed E-state index contributed by atoms with van der Waals surface area (Å²) in [4.78, 5) is 0. The lowest BCUT2D eigenvalue weighted by atomic mass is 10.2. The van der Waals surface area contributed by atoms with Crippen LogP contribution in [0.15, 0.2) is 0 Å². The summed E-state index contributed by atoms with van der Waals surface area (Å²) in [5.41, 5.74) is 22.6. The van der Waals surface area contributed by atoms with E-state index in [0.29, 0.717) is 12.8 Å². The number of rotatable bonds is 6. The molecular weight excluding hydrogens is 168 g/mol. The van der Waals surface area contributed by atoms with Crippen LogP contribution in [-0.4, -0.2) is 11.7 Å². The molecule has 80 valence electrons. The third-order valence-corrected chi connectivity index (χ3v) is 1.66. The van der Waals surface area contributed by atoms with Crippen molar-refractivity contribution in [2.45, 2.75) is 51.2 Å². The van der Waals surface area contributed by atoms with Crippen LogP contribution in [0.4, 0.5) is 0 Å². The quantitative estimate of drug-likeness (QED) is 0.431. The molecule has 0 rings (SSSR count). The topological polar surface area (TPSA) is 113 Å². The molecule has 0 heterocycles. The van der Waals surface area contributed by atoms with E-state index >= 15 is 0 Å². The normalized spacial score (nSPS) is 13.4. The Hall–Kier alpha value is -0.200. The van der Waals surface area contributed by atoms with Gasteiger partial charge in [-0.15, -0.1) is 0 Å². The van der Waals surface area contributed by atoms with Gasteiger partial charge in [-0.2, -0.15) is 0 Å². The molecule has 0 spiro atoms. The van der Waals surface area contributed by atoms with Crippen LogP contribution in [0.2, 0.25) is 0 Å². The monoisotopic (exact) mass is 190 g/mol. The third-order valence-electron chi connectivity index (χ3n) is 1.66. The van der Waals surface area contributed by atoms with E-state index in [2.05, 4.69) is 0 Å². The third kappa shape index (κ3) is 5.95. The molecular formula is C8H22N4O. The van der Waals surface area contributed by atoms with Gasteiger partial charge in [0.1, 0.15) is 0 Å². The van der Waals surface area contributed by atoms with Crippen LogP contribution >= 0.6 is 0 Å². The largest absolute Gasteiger partial charge is 0.314 e. The zero-order valence-electron chi connectivity index (χ0n) is 8.55. The molecule has 0 aromatic rings. The summed E-state index contributed by atoms with van der Waals surface area (Å²) in [5.74, 6) is -2.43. The zero-order chi connectivity index (χ0) is 10.5. The van der Waals surface area contributed by atoms with Crippen LogP contribution < -0.4 is 22.9 Å². The standard InChI is InChI=1S/C8H22N4O/c1-3-5-7(9,10)13-8(11,12)6-4-2/h3-6,9-12H2,1-2H3. The summed E-state index contributed by atoms with van der Waals surface area (Å²) in [5, 5.41) is 0. The molecule has 0 aliphatic heterocycles. The van der Waals surface area contributed by atoms with Gasteiger partial charge in [0.05, 0.1) is 0 Å². The van der Waals surface area contributed by atoms with Crippen molar-refractivity contribution in [1.29, 1.82) is 0 Å². The van der Waals surface area contributed by atoms with Crippen molar-refractivity contribution in [1.82, 2.24) is 0 Å². The van der Waals surface area contributed by atoms with E-state index in [-0.39, 0.29) is 0 Å². The van der Waals surface area contributed by atoms with E-state index in [1.165, 1.54) is 0 Å². The minimum Gasteiger partial charge on any atom is -0.314 e. The van der Waals surface area contributed by atoms with Crippen LogP contribution in [0.25, 0.3) is 0 Å². The van der Waals surface area contributed by atoms with Crippen molar-refractivity contribution in [3.8, 4) is 0 Å². The Bertz CT molecular complexity index is 131. The molecule has 8 N–H and O–H groups in total. The van der Waals surface area contributed by atoms with Gasteiger partial charge < -0.3 is 4.74 Å². The van der Waals surface area contributed by atoms with Crippen molar-refractivity contribution >= 4 is 0 Å². The Morgan fingerprint density at radius 2 is 1.15 bits per heavy atom. The molecule has 0 amide bonds. The minimum atomic E-state index is -1.21. The smallest absolute Gasteiger partial charge is 0.173 e. The van der Waals surface area contributed by atoms with E-state index < -0.39 is 11.7 Å². The van der Waals surface area contributed by atoms with E-state index in [1.807, 2.05) is 13.8 Å². The Balaban J connectivity index is 4.07. The van der Waals surface area contributed by atoms with Gasteiger partial charge in [-0.1, -0.05) is 26.7 Å². The van der Waals surface area contributed by atoms with E-state index in [1.54, 1.807) is 0 Å². The van der Waals surface area contributed by atoms with Crippen LogP contribution in [0.3, 0.4) is 0 Å². The molecule has 0 fully saturated rings. The second-order valence-electron chi connectivity index (χ2n) is 3.51. The summed E-state index contributed by atoms with van der Waals surface area (Å²) in [6.45, 7) is 3.93. The first-order valence-electron chi connectivity index (χ1n) is 4.68. The maximum absolute atomic E-state index is 5.64. The lowest BCUT2D eigenvalue weighted by Crippen LogP contribution is -2.64. The molecule has 0 radical (unpaired) electrons. The molecule has 5 heteroatoms. The summed E-state index contributed by atoms with van der Waals surface area (Å²) >= 11 is 0. The molecule has 13 heavy (non-hydrogen) atoms. The summed E-state index contributed by atoms with van der Waals surface area (Å²) < 4.78 is 5.22. The first-order chi connectivity index (χ1) is 5.83. The van der Waals surface area contributed by atoms with Gasteiger partial charge >= 0.3 is 0 Å². The van der Waals surface area contributed by atoms with Gasteiger partial charge in [0.2, 0.25) is 0 Å². The second kappa shape index (κ2) is 4.88. The summed E-state index contributed by atoms with van der Waals surface area (Å²) in [7, 11) is 0. The number of hydrogen-bond donors (Lipinski definition) is 4. The van der Waals surface area contributed by atoms with E-state index in [0.717, 1.165) is 12.8 Å². The SMILES string of the molecule is CCCC(N)(N)OC(N)(N)CCC. The first-order valence-corrected chi connectivity index (χ1v) is 4.68. The lowest BCUT2D eigenvalue weighted by Gasteiger charge is -2.34. The van der Waals surface area contributed by atoms with Crippen LogP contribution in [-0.2, 0) is 4.74 Å². The highest BCUT2D eigenvalue weighted by Crippen LogP contribution is 2.13. The van der Waals surface area contributed by atoms with Gasteiger partial charge in [0.25, 0.3) is 0 Å². The zero-order valence-corrected chi connectivity index (χ0v) is 8.55. The predicted molar refractivity (Wildman–Crippen MR) is 53.1 cm³/mol. The molecule has 0 aliphatic carbocycles. The Morgan fingerprint density at radius 1 is 0.846 bits per heavy atom. The fraction of sp³-hybridized carbons (Fsp3) is 1.00. The number of ether oxygens (including phenoxy) is 1. The van der Waals surface area contributed by atoms with Gasteiger partial charge in [0.15, 0.2) is 11.7 Å². The average Bonchev–Trinajstić information content (AvgIpc) is 1.82. The fourth-order valence-electron chi connectivity index (χ4n) is 1.24. The van der Waals surface area contributed by atoms with Gasteiger partial charge in [-0.3, -0.25) is 22.9 Å². The first kappa shape index (κ1) is 12.8. The predicted octanol–water partition coefficient (Wildman–Crippen LogP) is -0.254. The molecule has 5 nitrogen and oxygen atoms in total. The fourth-order valence-corrected chi connectivity index (χ4v) is 1.24. The van der Waals surface area contributed by atoms with Crippen molar-refractivity contribution in [3.05, 3.63) is 0 Å². The van der Waals surface area contributed by atoms with Crippen molar-refractivity contribution < 1.29 is 4.74 Å². The highest BCUT2D eigenvalue weighted by molar-refractivity contribution is 4.72. The Labute approximate surface area is 79.8 Å². The van der Waals surface area contributed by atoms with Crippen LogP contribution in [0, 0.1) is 0 Å². The Kier molecular flexibility index (Phi) is 4.80. The second-order valence-corrected chi connectivity index (χ2v) is 3.51. The van der Waals surface area contributed by atoms with Crippen LogP contribution in [0.1, 0.15) is 39.5 Å². The summed E-state index contributed by atoms with van der Waals surface area (Å²) in [6.07, 6.45) is 2.73. The molecule has 0 aliphatic rings. The van der Waals surface area contributed by atoms with Crippen LogP contribution in [0.5, 0.6) is 0 Å². The van der Waals surface area contributed by atoms with Crippen molar-refractivity contribution in [2.75, 3.05) is 0 Å². The number of hydrogen-bond acceptors (Lipinski definition) is 5. The molecule has 0 bridgehead atoms. The molecule has 0 saturated heterocycles. The molecule has 0 aromatic carbocycles. The van der Waals surface area contributed by atoms with Gasteiger partial charge in [-0.25, -0.2) is 0 Å². The molecule has 0 unspecified atom stereocenters. The van der Waals surface area contributed by atoms with Gasteiger partial charge in [0, 0.05) is 12.8 Å². The number of nitrogens with two attached hydrogens (primary N) is 4. The Morgan fingerprint density at radius 3 is 1.38 bits per heavy atom. The minimum absolute atomic E-state index is 0.535. The molecule has 0 saturated carbocycles. The highest BCUT2D eigenvalue weighted by Gasteiger charge is 2.29. The van der Waals surface area contributed by atoms with Gasteiger partial charge in [-0.05, 0) is 0 Å². The maximum Gasteiger partial charge on any atom is 0.173 e. The highest BCUT2D eigenvalue weighted by atomic mass is 16.6. The molecule has 0 atom stereocenters. The van der Waals surface area contributed by atoms with Crippen molar-refractivity contribution in [2.24, 2.45) is 22.9 Å².